The van der Waals surface area contributed by atoms with E-state index >= 15 is 0 Å². The Bertz CT molecular complexity index is 5550. The van der Waals surface area contributed by atoms with Crippen molar-refractivity contribution in [3.05, 3.63) is 35.5 Å². The van der Waals surface area contributed by atoms with Crippen LogP contribution in [-0.2, 0) is 93.1 Å². The molecule has 6 N–H and O–H groups in total. The molecule has 124 heavy (non-hydrogen) atoms. The number of piperidine rings is 1. The maximum atomic E-state index is 14.4. The number of ether oxygens (including phenoxy) is 5. The summed E-state index contributed by atoms with van der Waals surface area (Å²) in [6.07, 6.45) is 14.6. The topological polar surface area (TPSA) is 323 Å². The molecule has 4 rings (SSSR count). The van der Waals surface area contributed by atoms with Crippen LogP contribution in [0.5, 0.6) is 0 Å². The second-order valence-electron chi connectivity index (χ2n) is 26.0. The Morgan fingerprint density at radius 1 is 0.573 bits per heavy atom. The third-order valence-corrected chi connectivity index (χ3v) is 17.5. The fourth-order valence-electron chi connectivity index (χ4n) is 11.5. The number of nitrogens with one attached hydrogen (secondary N) is 1. The van der Waals surface area contributed by atoms with Gasteiger partial charge in [0.25, 0.3) is 11.7 Å². The van der Waals surface area contributed by atoms with Crippen molar-refractivity contribution in [2.24, 2.45) is 35.5 Å². The number of esters is 1. The Morgan fingerprint density at radius 3 is 1.41 bits per heavy atom. The molecule has 4 aliphatic rings. The van der Waals surface area contributed by atoms with Crippen LogP contribution in [0.3, 0.4) is 0 Å². The van der Waals surface area contributed by atoms with Crippen LogP contribution in [0, 0.1) is 320 Å². The maximum Gasteiger partial charge on any atom is 0.329 e. The Balaban J connectivity index is -0.0000000429. The molecule has 26 nitrogen and oxygen atoms in total. The molecule has 1 aliphatic carbocycles. The van der Waals surface area contributed by atoms with Crippen LogP contribution < -0.4 is 5.64 Å². The molecular formula is C98H160N2O24. The molecule has 2 saturated heterocycles. The van der Waals surface area contributed by atoms with E-state index in [0.717, 1.165) is 18.4 Å². The summed E-state index contributed by atoms with van der Waals surface area (Å²) in [5, 5.41) is 75.4. The highest BCUT2D eigenvalue weighted by atomic mass is 17.9. The fourth-order valence-corrected chi connectivity index (χ4v) is 11.5. The largest absolute Gasteiger partial charge is 0.456 e. The normalized spacial score (nSPS) is 22.3. The summed E-state index contributed by atoms with van der Waals surface area (Å²) in [4.78, 5) is 65.8. The van der Waals surface area contributed by atoms with Gasteiger partial charge in [0, 0.05) is 282 Å². The molecule has 26 heteroatoms. The van der Waals surface area contributed by atoms with E-state index in [1.54, 1.807) is 35.0 Å². The SMILES string of the molecule is C#CC#CC#CC#CC#CC#CC#CC#CC#CC#CC#CC#CC#CC#CC#CC#CC#CC#CC#CC#CC#CC#CC#CC#CC.CCC(C)C/C=C/C[C@@H]1/C=C(\C)C[C@H](C)C[C@H](OC)[C@H]2O[C@@](O)(C(=O)C(=O)N3CCCC[C@H]3C(=O)O[C@H](/C(C)=C/[C@@H]3CC[C@@H](O)[C@H](OC)C3)[C@H](C)[C@@H](O)CC1=O)[C@H](C)C[C@@H]2OC.OOOOOONOOOOOO.[HH].[HH].[HH].[HH].[HH].[HH].[HH].[HH].[HH].[HH].[HH].[HH].[HH].[HH].[HH].[HH].[HH].[HH].[HH].[HH].[HH].[HH].[HH].[HH].[HH].[HH].[HH].[HH].[HH].[HH].[HH].[HH].[HH].[HH].[HH].[HH].[HH]. The molecule has 1 saturated carbocycles. The molecule has 0 aromatic heterocycles. The standard InChI is InChI=1S/C49H79NO12.C49H4.H3NO12.37H2/c1-11-29(2)16-12-13-17-36-23-30(3)22-31(4)24-42(59-9)45-43(60-10)26-33(6)49(57,62-45)46(54)47(55)50-21-15-14-18-37(50)48(56)61-44(34(7)39(52)28-40(36)53)32(5)25-35-19-20-38(51)41(27-35)58-8;1-3-5-7-9-11-13-15-17-19-21-23-25-27-29-31-33-35-37-39-41-43-45-47-49-48-46-44-42-40-38-36-34-32-30-28-26-24-22-20-18-16-14-12-10-8-6-4-2;2-6-10-12-8-4-1-5-9-13-11-7-3;;;;;;;;;;;;;;;;;;;;;;;;;;;;;;;;;;;;;/h12-13,23,25,29,31,33-39,41-45,51-52,57H,11,14-22,24,26-28H2,1-10H3;1H,2H3;1-3H;37*1H/b13-12+,30-23+,32-25+;;;;;;;;;;;;;;;;;;;;;;;;;;;;;;;;;;;;;;;/t29?,31-,33+,34+,35-,36+,37-,38+,39-,41+,42-,43-,44+,45+,49+;;;;;;;;;;;;;;;;;;;;;;;;;;;;;;;;;;;;;;;/m0......................................./s1. The predicted molar refractivity (Wildman–Crippen MR) is 526 cm³/mol. The molecule has 1 unspecified atom stereocenters. The Morgan fingerprint density at radius 2 is 1.00 bits per heavy atom. The lowest BCUT2D eigenvalue weighted by Crippen LogP contribution is -2.64. The zero-order valence-corrected chi connectivity index (χ0v) is 69.8. The highest BCUT2D eigenvalue weighted by molar-refractivity contribution is 6.39. The van der Waals surface area contributed by atoms with Gasteiger partial charge in [0.05, 0.1) is 30.5 Å². The molecule has 3 aliphatic heterocycles. The molecule has 0 radical (unpaired) electrons. The van der Waals surface area contributed by atoms with E-state index < -0.39 is 83.9 Å². The van der Waals surface area contributed by atoms with Crippen molar-refractivity contribution in [3.8, 4) is 285 Å². The Kier molecular flexibility index (Phi) is 59.0. The van der Waals surface area contributed by atoms with Gasteiger partial charge < -0.3 is 43.9 Å². The van der Waals surface area contributed by atoms with E-state index in [1.807, 2.05) is 26.0 Å². The molecular weight excluding hydrogens is 1590 g/mol. The van der Waals surface area contributed by atoms with Gasteiger partial charge in [-0.25, -0.2) is 15.3 Å². The van der Waals surface area contributed by atoms with Crippen molar-refractivity contribution >= 4 is 23.4 Å². The summed E-state index contributed by atoms with van der Waals surface area (Å²) in [5.41, 5.74) is 3.03. The van der Waals surface area contributed by atoms with Gasteiger partial charge in [0.15, 0.2) is 0 Å². The van der Waals surface area contributed by atoms with E-state index in [4.69, 9.17) is 40.6 Å². The zero-order valence-electron chi connectivity index (χ0n) is 69.8. The number of carbonyl (C=O) groups excluding carboxylic acids is 4. The number of hydrogen-bond acceptors (Lipinski definition) is 25. The number of nitrogens with zero attached hydrogens (tertiary/aromatic N) is 1. The molecule has 0 aromatic carbocycles. The first-order valence-corrected chi connectivity index (χ1v) is 37.7. The number of aliphatic hydroxyl groups excluding tert-OH is 2. The van der Waals surface area contributed by atoms with Crippen LogP contribution in [0.15, 0.2) is 35.5 Å². The van der Waals surface area contributed by atoms with Gasteiger partial charge in [-0.05, 0) is 255 Å². The van der Waals surface area contributed by atoms with Crippen LogP contribution in [-0.4, -0.2) is 137 Å². The minimum atomic E-state index is -2.51. The molecule has 0 spiro atoms. The predicted octanol–water partition coefficient (Wildman–Crippen LogP) is 15.1. The van der Waals surface area contributed by atoms with Crippen molar-refractivity contribution in [2.45, 2.75) is 193 Å². The summed E-state index contributed by atoms with van der Waals surface area (Å²) < 4.78 is 30.0. The third-order valence-electron chi connectivity index (χ3n) is 17.5. The summed E-state index contributed by atoms with van der Waals surface area (Å²) in [7, 11) is 4.65. The smallest absolute Gasteiger partial charge is 0.329 e. The van der Waals surface area contributed by atoms with E-state index in [2.05, 4.69) is 361 Å². The minimum Gasteiger partial charge on any atom is -0.456 e. The first kappa shape index (κ1) is 106. The van der Waals surface area contributed by atoms with Gasteiger partial charge in [-0.3, -0.25) is 14.4 Å². The van der Waals surface area contributed by atoms with Crippen LogP contribution in [0.4, 0.5) is 0 Å². The third kappa shape index (κ3) is 47.2. The second-order valence-corrected chi connectivity index (χ2v) is 26.0. The molecule has 2 bridgehead atoms. The van der Waals surface area contributed by atoms with Crippen LogP contribution >= 0.6 is 0 Å². The number of rotatable bonds is 20. The lowest BCUT2D eigenvalue weighted by molar-refractivity contribution is -0.792. The number of methoxy groups -OCH3 is 3. The van der Waals surface area contributed by atoms with E-state index in [1.165, 1.54) is 17.7 Å². The highest BCUT2D eigenvalue weighted by Crippen LogP contribution is 2.40. The number of fused-ring (bicyclic) bond motifs is 3. The fraction of sp³-hybridized carbons (Fsp3) is 0.408. The lowest BCUT2D eigenvalue weighted by atomic mass is 9.81. The summed E-state index contributed by atoms with van der Waals surface area (Å²) in [6, 6.07) is -1.14. The Labute approximate surface area is 781 Å². The quantitative estimate of drug-likeness (QED) is 0.0125. The van der Waals surface area contributed by atoms with Gasteiger partial charge in [0.1, 0.15) is 24.0 Å². The van der Waals surface area contributed by atoms with Crippen LogP contribution in [0.2, 0.25) is 0 Å². The van der Waals surface area contributed by atoms with Gasteiger partial charge in [0.2, 0.25) is 5.79 Å². The monoisotopic (exact) mass is 1750 g/mol. The molecule has 706 valence electrons. The van der Waals surface area contributed by atoms with Crippen molar-refractivity contribution in [1.29, 1.82) is 0 Å². The Hall–Kier alpha value is -13.9. The van der Waals surface area contributed by atoms with Gasteiger partial charge in [-0.1, -0.05) is 86.8 Å². The van der Waals surface area contributed by atoms with Crippen molar-refractivity contribution in [3.63, 3.8) is 0 Å². The first-order chi connectivity index (χ1) is 60.2. The zero-order chi connectivity index (χ0) is 90.9. The van der Waals surface area contributed by atoms with Gasteiger partial charge in [-0.2, -0.15) is 0 Å². The average molecular weight is 1750 g/mol. The van der Waals surface area contributed by atoms with E-state index in [0.29, 0.717) is 62.9 Å². The number of hydrogen-bond donors (Lipinski definition) is 6. The minimum absolute atomic E-state index is 0. The number of amides is 1. The lowest BCUT2D eigenvalue weighted by Gasteiger charge is -2.47. The highest BCUT2D eigenvalue weighted by Gasteiger charge is 2.57. The number of cyclic esters (lactones) is 1. The number of allylic oxidation sites excluding steroid dienone is 5. The number of terminal acetylenes is 1. The number of carbonyl (C=O) groups is 4. The molecule has 0 aromatic rings. The number of ketones is 2. The van der Waals surface area contributed by atoms with Gasteiger partial charge in [-0.15, -0.1) is 6.42 Å². The summed E-state index contributed by atoms with van der Waals surface area (Å²) in [5.74, 6) is 110. The number of aliphatic hydroxyl groups is 3. The van der Waals surface area contributed by atoms with Gasteiger partial charge >= 0.3 is 5.97 Å². The van der Waals surface area contributed by atoms with Crippen LogP contribution in [0.1, 0.15) is 192 Å². The molecule has 3 fully saturated rings. The molecule has 15 atom stereocenters. The maximum absolute atomic E-state index is 14.4. The number of Topliss-reactive ketones (excluding diaryl/α,β-unsaturated/α-hetero) is 2. The average Bonchev–Trinajstić information content (AvgIpc) is 1.09. The van der Waals surface area contributed by atoms with E-state index in [9.17, 15) is 34.5 Å². The molecule has 1 amide bonds. The summed E-state index contributed by atoms with van der Waals surface area (Å²) in [6.45, 7) is 15.4. The first-order valence-electron chi connectivity index (χ1n) is 37.7. The van der Waals surface area contributed by atoms with Crippen molar-refractivity contribution in [1.82, 2.24) is 10.5 Å². The van der Waals surface area contributed by atoms with Crippen molar-refractivity contribution < 1.29 is 172 Å². The summed E-state index contributed by atoms with van der Waals surface area (Å²) >= 11 is 0. The molecule has 3 heterocycles. The second kappa shape index (κ2) is 68.9. The van der Waals surface area contributed by atoms with Crippen LogP contribution in [0.25, 0.3) is 0 Å². The van der Waals surface area contributed by atoms with Crippen molar-refractivity contribution in [2.75, 3.05) is 27.9 Å². The van der Waals surface area contributed by atoms with E-state index in [-0.39, 0.29) is 102 Å².